The fourth-order valence-corrected chi connectivity index (χ4v) is 2.70. The fraction of sp³-hybridized carbons (Fsp3) is 0.267. The summed E-state index contributed by atoms with van der Waals surface area (Å²) in [6.07, 6.45) is 2.22. The van der Waals surface area contributed by atoms with Gasteiger partial charge < -0.3 is 30.3 Å². The van der Waals surface area contributed by atoms with Crippen molar-refractivity contribution in [2.24, 2.45) is 5.73 Å². The summed E-state index contributed by atoms with van der Waals surface area (Å²) in [4.78, 5) is 29.1. The molecule has 0 fully saturated rings. The van der Waals surface area contributed by atoms with Gasteiger partial charge >= 0.3 is 0 Å². The largest absolute Gasteiger partial charge is 0.493 e. The maximum absolute atomic E-state index is 11.3. The Balaban J connectivity index is 1.97. The number of ether oxygens (including phenoxy) is 2. The summed E-state index contributed by atoms with van der Waals surface area (Å²) in [5, 5.41) is 3.21. The van der Waals surface area contributed by atoms with Crippen molar-refractivity contribution in [3.05, 3.63) is 30.1 Å². The zero-order valence-electron chi connectivity index (χ0n) is 13.2. The molecule has 1 heterocycles. The highest BCUT2D eigenvalue weighted by Gasteiger charge is 2.14. The number of methoxy groups -OCH3 is 2. The first-order valence-corrected chi connectivity index (χ1v) is 7.88. The fourth-order valence-electron chi connectivity index (χ4n) is 1.92. The average molecular weight is 350 g/mol. The van der Waals surface area contributed by atoms with E-state index in [2.05, 4.69) is 15.3 Å². The molecule has 9 heteroatoms. The van der Waals surface area contributed by atoms with E-state index < -0.39 is 11.2 Å². The van der Waals surface area contributed by atoms with Gasteiger partial charge in [0.15, 0.2) is 16.7 Å². The van der Waals surface area contributed by atoms with Gasteiger partial charge in [-0.05, 0) is 12.1 Å². The first-order chi connectivity index (χ1) is 11.6. The van der Waals surface area contributed by atoms with Gasteiger partial charge in [-0.2, -0.15) is 0 Å². The molecule has 1 amide bonds. The molecule has 1 unspecified atom stereocenters. The number of H-pyrrole nitrogens is 1. The lowest BCUT2D eigenvalue weighted by Crippen LogP contribution is -2.18. The summed E-state index contributed by atoms with van der Waals surface area (Å²) in [5.74, 6) is 0.595. The van der Waals surface area contributed by atoms with Gasteiger partial charge in [0.25, 0.3) is 5.91 Å². The Labute approximate surface area is 143 Å². The molecule has 1 aromatic carbocycles. The first kappa shape index (κ1) is 17.7. The number of nitrogens with two attached hydrogens (primary N) is 1. The summed E-state index contributed by atoms with van der Waals surface area (Å²) < 4.78 is 10.4. The van der Waals surface area contributed by atoms with Crippen LogP contribution < -0.4 is 20.5 Å². The molecular weight excluding hydrogens is 332 g/mol. The molecule has 128 valence electrons. The van der Waals surface area contributed by atoms with Crippen LogP contribution in [-0.4, -0.2) is 48.2 Å². The van der Waals surface area contributed by atoms with E-state index in [0.29, 0.717) is 23.2 Å². The van der Waals surface area contributed by atoms with Crippen molar-refractivity contribution < 1.29 is 19.1 Å². The molecule has 1 aromatic heterocycles. The third kappa shape index (κ3) is 4.42. The van der Waals surface area contributed by atoms with Crippen molar-refractivity contribution in [1.29, 1.82) is 0 Å². The predicted molar refractivity (Wildman–Crippen MR) is 90.9 cm³/mol. The highest BCUT2D eigenvalue weighted by Crippen LogP contribution is 2.30. The quantitative estimate of drug-likeness (QED) is 0.460. The minimum atomic E-state index is -0.621. The van der Waals surface area contributed by atoms with Crippen molar-refractivity contribution in [1.82, 2.24) is 9.97 Å². The number of hydrogen-bond donors (Lipinski definition) is 3. The Morgan fingerprint density at radius 2 is 2.17 bits per heavy atom. The van der Waals surface area contributed by atoms with E-state index in [4.69, 9.17) is 15.2 Å². The summed E-state index contributed by atoms with van der Waals surface area (Å²) in [6, 6.07) is 5.38. The van der Waals surface area contributed by atoms with Crippen LogP contribution in [0.1, 0.15) is 10.5 Å². The van der Waals surface area contributed by atoms with E-state index in [1.807, 2.05) is 6.07 Å². The number of amides is 1. The van der Waals surface area contributed by atoms with Gasteiger partial charge in [0.2, 0.25) is 0 Å². The van der Waals surface area contributed by atoms with Crippen molar-refractivity contribution >= 4 is 29.6 Å². The summed E-state index contributed by atoms with van der Waals surface area (Å²) in [5.41, 5.74) is 6.06. The molecule has 0 saturated carbocycles. The Bertz CT molecular complexity index is 719. The summed E-state index contributed by atoms with van der Waals surface area (Å²) in [6.45, 7) is 0.371. The molecule has 0 aliphatic heterocycles. The molecule has 0 aliphatic carbocycles. The van der Waals surface area contributed by atoms with Gasteiger partial charge in [-0.1, -0.05) is 11.8 Å². The van der Waals surface area contributed by atoms with Crippen LogP contribution in [0.5, 0.6) is 11.5 Å². The van der Waals surface area contributed by atoms with Crippen LogP contribution in [-0.2, 0) is 4.79 Å². The van der Waals surface area contributed by atoms with Crippen molar-refractivity contribution in [2.45, 2.75) is 10.4 Å². The van der Waals surface area contributed by atoms with Gasteiger partial charge in [0.05, 0.1) is 19.5 Å². The number of nitrogens with one attached hydrogen (secondary N) is 2. The van der Waals surface area contributed by atoms with Gasteiger partial charge in [-0.3, -0.25) is 4.79 Å². The molecule has 1 atom stereocenters. The van der Waals surface area contributed by atoms with Crippen molar-refractivity contribution in [2.75, 3.05) is 26.1 Å². The molecule has 2 aromatic rings. The molecule has 0 bridgehead atoms. The number of anilines is 1. The third-order valence-corrected chi connectivity index (χ3v) is 4.13. The van der Waals surface area contributed by atoms with Gasteiger partial charge in [0, 0.05) is 24.5 Å². The minimum Gasteiger partial charge on any atom is -0.493 e. The van der Waals surface area contributed by atoms with Crippen molar-refractivity contribution in [3.8, 4) is 11.5 Å². The normalized spacial score (nSPS) is 11.6. The molecule has 0 saturated heterocycles. The topological polar surface area (TPSA) is 119 Å². The number of primary amides is 1. The van der Waals surface area contributed by atoms with Crippen LogP contribution in [0, 0.1) is 0 Å². The molecule has 24 heavy (non-hydrogen) atoms. The second-order valence-corrected chi connectivity index (χ2v) is 5.93. The Kier molecular flexibility index (Phi) is 6.07. The van der Waals surface area contributed by atoms with Crippen LogP contribution in [0.3, 0.4) is 0 Å². The van der Waals surface area contributed by atoms with Gasteiger partial charge in [-0.15, -0.1) is 0 Å². The predicted octanol–water partition coefficient (Wildman–Crippen LogP) is 1.30. The summed E-state index contributed by atoms with van der Waals surface area (Å²) >= 11 is 1.20. The zero-order chi connectivity index (χ0) is 17.5. The molecular formula is C15H18N4O4S. The second-order valence-electron chi connectivity index (χ2n) is 4.70. The number of carbonyl (C=O) groups is 2. The number of aromatic amines is 1. The van der Waals surface area contributed by atoms with Crippen LogP contribution in [0.15, 0.2) is 29.6 Å². The van der Waals surface area contributed by atoms with Crippen LogP contribution in [0.4, 0.5) is 5.69 Å². The van der Waals surface area contributed by atoms with Crippen LogP contribution in [0.2, 0.25) is 0 Å². The van der Waals surface area contributed by atoms with Crippen LogP contribution >= 0.6 is 11.8 Å². The molecule has 0 spiro atoms. The maximum Gasteiger partial charge on any atom is 0.268 e. The Hall–Kier alpha value is -2.68. The molecule has 2 rings (SSSR count). The van der Waals surface area contributed by atoms with Gasteiger partial charge in [-0.25, -0.2) is 4.98 Å². The van der Waals surface area contributed by atoms with Gasteiger partial charge in [0.1, 0.15) is 12.0 Å². The standard InChI is InChI=1S/C15H18N4O4S/c1-22-12-4-3-9(5-13(12)23-2)17-6-10(8-20)24-15-18-7-11(19-15)14(16)21/h3-5,7-8,10,17H,6H2,1-2H3,(H2,16,21)(H,18,19). The Morgan fingerprint density at radius 3 is 2.75 bits per heavy atom. The first-order valence-electron chi connectivity index (χ1n) is 7.00. The number of carbonyl (C=O) groups excluding carboxylic acids is 2. The van der Waals surface area contributed by atoms with Crippen molar-refractivity contribution in [3.63, 3.8) is 0 Å². The lowest BCUT2D eigenvalue weighted by Gasteiger charge is -2.13. The molecule has 8 nitrogen and oxygen atoms in total. The van der Waals surface area contributed by atoms with E-state index in [1.54, 1.807) is 26.4 Å². The number of imidazole rings is 1. The second kappa shape index (κ2) is 8.25. The number of aldehydes is 1. The summed E-state index contributed by atoms with van der Waals surface area (Å²) in [7, 11) is 3.12. The van der Waals surface area contributed by atoms with E-state index in [0.717, 1.165) is 12.0 Å². The number of hydrogen-bond acceptors (Lipinski definition) is 7. The molecule has 0 aliphatic rings. The lowest BCUT2D eigenvalue weighted by atomic mass is 10.2. The number of benzene rings is 1. The maximum atomic E-state index is 11.3. The van der Waals surface area contributed by atoms with E-state index in [1.165, 1.54) is 18.0 Å². The smallest absolute Gasteiger partial charge is 0.268 e. The number of nitrogens with zero attached hydrogens (tertiary/aromatic N) is 1. The number of aromatic nitrogens is 2. The zero-order valence-corrected chi connectivity index (χ0v) is 14.1. The molecule has 0 radical (unpaired) electrons. The number of thioether (sulfide) groups is 1. The van der Waals surface area contributed by atoms with E-state index >= 15 is 0 Å². The highest BCUT2D eigenvalue weighted by atomic mass is 32.2. The van der Waals surface area contributed by atoms with E-state index in [9.17, 15) is 9.59 Å². The Morgan fingerprint density at radius 1 is 1.42 bits per heavy atom. The lowest BCUT2D eigenvalue weighted by molar-refractivity contribution is -0.107. The number of rotatable bonds is 9. The van der Waals surface area contributed by atoms with Crippen LogP contribution in [0.25, 0.3) is 0 Å². The average Bonchev–Trinajstić information content (AvgIpc) is 3.07. The minimum absolute atomic E-state index is 0.134. The monoisotopic (exact) mass is 350 g/mol. The molecule has 4 N–H and O–H groups in total. The highest BCUT2D eigenvalue weighted by molar-refractivity contribution is 8.00. The van der Waals surface area contributed by atoms with E-state index in [-0.39, 0.29) is 5.69 Å². The third-order valence-electron chi connectivity index (χ3n) is 3.11. The SMILES string of the molecule is COc1ccc(NCC(C=O)Sc2nc(C(N)=O)c[nH]2)cc1OC.